The third-order valence-corrected chi connectivity index (χ3v) is 4.29. The second kappa shape index (κ2) is 5.94. The molecule has 0 aliphatic carbocycles. The van der Waals surface area contributed by atoms with E-state index < -0.39 is 0 Å². The Hall–Kier alpha value is -2.11. The van der Waals surface area contributed by atoms with Gasteiger partial charge in [0.2, 0.25) is 0 Å². The molecule has 0 aliphatic heterocycles. The number of rotatable bonds is 2. The normalized spacial score (nSPS) is 10.7. The fourth-order valence-corrected chi connectivity index (χ4v) is 3.48. The van der Waals surface area contributed by atoms with Gasteiger partial charge in [0.15, 0.2) is 5.13 Å². The molecule has 4 nitrogen and oxygen atoms in total. The number of halogens is 1. The number of hydrogen-bond donors (Lipinski definition) is 2. The first-order chi connectivity index (χ1) is 10.5. The number of aromatic nitrogens is 1. The molecule has 0 radical (unpaired) electrons. The molecule has 6 heteroatoms. The van der Waals surface area contributed by atoms with Crippen LogP contribution in [0.2, 0.25) is 5.02 Å². The number of nitrogens with one attached hydrogen (secondary N) is 2. The average Bonchev–Trinajstić information content (AvgIpc) is 2.81. The molecule has 0 bridgehead atoms. The summed E-state index contributed by atoms with van der Waals surface area (Å²) in [5, 5.41) is 6.64. The van der Waals surface area contributed by atoms with Gasteiger partial charge in [0.25, 0.3) is 0 Å². The highest BCUT2D eigenvalue weighted by Gasteiger charge is 2.10. The number of hydrogen-bond acceptors (Lipinski definition) is 3. The van der Waals surface area contributed by atoms with Crippen molar-refractivity contribution in [1.29, 1.82) is 0 Å². The molecule has 2 N–H and O–H groups in total. The van der Waals surface area contributed by atoms with E-state index >= 15 is 0 Å². The van der Waals surface area contributed by atoms with Gasteiger partial charge in [0.05, 0.1) is 10.2 Å². The Morgan fingerprint density at radius 1 is 1.18 bits per heavy atom. The molecule has 0 spiro atoms. The molecule has 112 valence electrons. The standard InChI is InChI=1S/C16H14ClN3OS/c1-9-6-10(2)14-13(7-9)22-16(19-14)20-15(21)18-12-5-3-4-11(17)8-12/h3-8H,1-2H3,(H2,18,19,20,21). The van der Waals surface area contributed by atoms with Crippen molar-refractivity contribution in [2.75, 3.05) is 10.6 Å². The number of aryl methyl sites for hydroxylation is 2. The predicted octanol–water partition coefficient (Wildman–Crippen LogP) is 5.21. The van der Waals surface area contributed by atoms with Crippen molar-refractivity contribution in [3.63, 3.8) is 0 Å². The maximum absolute atomic E-state index is 12.0. The molecule has 0 unspecified atom stereocenters. The summed E-state index contributed by atoms with van der Waals surface area (Å²) in [6, 6.07) is 10.8. The molecule has 0 saturated carbocycles. The summed E-state index contributed by atoms with van der Waals surface area (Å²) < 4.78 is 1.07. The van der Waals surface area contributed by atoms with E-state index in [1.807, 2.05) is 13.8 Å². The van der Waals surface area contributed by atoms with Crippen LogP contribution in [-0.2, 0) is 0 Å². The van der Waals surface area contributed by atoms with Crippen molar-refractivity contribution in [2.24, 2.45) is 0 Å². The van der Waals surface area contributed by atoms with Gasteiger partial charge in [-0.05, 0) is 49.2 Å². The highest BCUT2D eigenvalue weighted by atomic mass is 35.5. The Labute approximate surface area is 137 Å². The van der Waals surface area contributed by atoms with E-state index in [0.717, 1.165) is 15.8 Å². The Bertz CT molecular complexity index is 860. The summed E-state index contributed by atoms with van der Waals surface area (Å²) in [7, 11) is 0. The summed E-state index contributed by atoms with van der Waals surface area (Å²) in [4.78, 5) is 16.5. The van der Waals surface area contributed by atoms with Gasteiger partial charge in [0, 0.05) is 10.7 Å². The summed E-state index contributed by atoms with van der Waals surface area (Å²) >= 11 is 7.35. The van der Waals surface area contributed by atoms with Crippen molar-refractivity contribution in [3.8, 4) is 0 Å². The first-order valence-electron chi connectivity index (χ1n) is 6.72. The topological polar surface area (TPSA) is 54.0 Å². The van der Waals surface area contributed by atoms with E-state index in [9.17, 15) is 4.79 Å². The highest BCUT2D eigenvalue weighted by molar-refractivity contribution is 7.22. The number of amides is 2. The number of thiazole rings is 1. The van der Waals surface area contributed by atoms with E-state index in [1.165, 1.54) is 16.9 Å². The van der Waals surface area contributed by atoms with Gasteiger partial charge in [0.1, 0.15) is 0 Å². The van der Waals surface area contributed by atoms with E-state index in [4.69, 9.17) is 11.6 Å². The predicted molar refractivity (Wildman–Crippen MR) is 93.2 cm³/mol. The molecule has 0 saturated heterocycles. The number of benzene rings is 2. The molecule has 0 fully saturated rings. The minimum absolute atomic E-state index is 0.337. The number of fused-ring (bicyclic) bond motifs is 1. The number of nitrogens with zero attached hydrogens (tertiary/aromatic N) is 1. The summed E-state index contributed by atoms with van der Waals surface area (Å²) in [6.45, 7) is 4.07. The number of urea groups is 1. The minimum atomic E-state index is -0.337. The lowest BCUT2D eigenvalue weighted by molar-refractivity contribution is 0.262. The molecule has 2 amide bonds. The van der Waals surface area contributed by atoms with E-state index in [2.05, 4.69) is 27.8 Å². The zero-order chi connectivity index (χ0) is 15.7. The SMILES string of the molecule is Cc1cc(C)c2nc(NC(=O)Nc3cccc(Cl)c3)sc2c1. The first kappa shape index (κ1) is 14.8. The molecule has 2 aromatic carbocycles. The van der Waals surface area contributed by atoms with Crippen LogP contribution in [-0.4, -0.2) is 11.0 Å². The summed E-state index contributed by atoms with van der Waals surface area (Å²) in [5.41, 5.74) is 3.85. The van der Waals surface area contributed by atoms with Crippen molar-refractivity contribution in [3.05, 3.63) is 52.5 Å². The van der Waals surface area contributed by atoms with Crippen LogP contribution < -0.4 is 10.6 Å². The van der Waals surface area contributed by atoms with Gasteiger partial charge in [-0.25, -0.2) is 9.78 Å². The minimum Gasteiger partial charge on any atom is -0.308 e. The Kier molecular flexibility index (Phi) is 4.00. The van der Waals surface area contributed by atoms with Crippen molar-refractivity contribution >= 4 is 50.0 Å². The van der Waals surface area contributed by atoms with Crippen LogP contribution in [0.4, 0.5) is 15.6 Å². The van der Waals surface area contributed by atoms with Crippen LogP contribution in [0.1, 0.15) is 11.1 Å². The quantitative estimate of drug-likeness (QED) is 0.677. The third-order valence-electron chi connectivity index (χ3n) is 3.13. The van der Waals surface area contributed by atoms with Gasteiger partial charge in [-0.1, -0.05) is 35.1 Å². The summed E-state index contributed by atoms with van der Waals surface area (Å²) in [5.74, 6) is 0. The number of carbonyl (C=O) groups is 1. The van der Waals surface area contributed by atoms with Gasteiger partial charge in [-0.15, -0.1) is 0 Å². The fourth-order valence-electron chi connectivity index (χ4n) is 2.25. The third kappa shape index (κ3) is 3.21. The van der Waals surface area contributed by atoms with Crippen molar-refractivity contribution in [2.45, 2.75) is 13.8 Å². The number of carbonyl (C=O) groups excluding carboxylic acids is 1. The smallest absolute Gasteiger partial charge is 0.308 e. The molecular formula is C16H14ClN3OS. The molecule has 3 aromatic rings. The Morgan fingerprint density at radius 3 is 2.77 bits per heavy atom. The average molecular weight is 332 g/mol. The van der Waals surface area contributed by atoms with Gasteiger partial charge < -0.3 is 5.32 Å². The van der Waals surface area contributed by atoms with Gasteiger partial charge >= 0.3 is 6.03 Å². The first-order valence-corrected chi connectivity index (χ1v) is 7.92. The fraction of sp³-hybridized carbons (Fsp3) is 0.125. The van der Waals surface area contributed by atoms with Crippen LogP contribution in [0.25, 0.3) is 10.2 Å². The molecule has 0 atom stereocenters. The zero-order valence-electron chi connectivity index (χ0n) is 12.1. The van der Waals surface area contributed by atoms with E-state index in [1.54, 1.807) is 24.3 Å². The molecular weight excluding hydrogens is 318 g/mol. The summed E-state index contributed by atoms with van der Waals surface area (Å²) in [6.07, 6.45) is 0. The largest absolute Gasteiger partial charge is 0.325 e. The molecule has 3 rings (SSSR count). The lowest BCUT2D eigenvalue weighted by Crippen LogP contribution is -2.19. The second-order valence-corrected chi connectivity index (χ2v) is 6.50. The van der Waals surface area contributed by atoms with Gasteiger partial charge in [-0.2, -0.15) is 0 Å². The van der Waals surface area contributed by atoms with Gasteiger partial charge in [-0.3, -0.25) is 5.32 Å². The highest BCUT2D eigenvalue weighted by Crippen LogP contribution is 2.29. The van der Waals surface area contributed by atoms with Crippen molar-refractivity contribution < 1.29 is 4.79 Å². The monoisotopic (exact) mass is 331 g/mol. The number of anilines is 2. The van der Waals surface area contributed by atoms with E-state index in [-0.39, 0.29) is 6.03 Å². The van der Waals surface area contributed by atoms with Crippen LogP contribution >= 0.6 is 22.9 Å². The lowest BCUT2D eigenvalue weighted by Gasteiger charge is -2.05. The van der Waals surface area contributed by atoms with Crippen LogP contribution in [0.3, 0.4) is 0 Å². The second-order valence-electron chi connectivity index (χ2n) is 5.04. The van der Waals surface area contributed by atoms with Crippen LogP contribution in [0.5, 0.6) is 0 Å². The van der Waals surface area contributed by atoms with E-state index in [0.29, 0.717) is 15.8 Å². The maximum Gasteiger partial charge on any atom is 0.325 e. The van der Waals surface area contributed by atoms with Crippen molar-refractivity contribution in [1.82, 2.24) is 4.98 Å². The molecule has 1 heterocycles. The van der Waals surface area contributed by atoms with Crippen LogP contribution in [0, 0.1) is 13.8 Å². The lowest BCUT2D eigenvalue weighted by atomic mass is 10.1. The molecule has 1 aromatic heterocycles. The maximum atomic E-state index is 12.0. The molecule has 22 heavy (non-hydrogen) atoms. The Balaban J connectivity index is 1.78. The molecule has 0 aliphatic rings. The Morgan fingerprint density at radius 2 is 2.00 bits per heavy atom. The zero-order valence-corrected chi connectivity index (χ0v) is 13.7. The van der Waals surface area contributed by atoms with Crippen LogP contribution in [0.15, 0.2) is 36.4 Å².